The number of hydrogen-bond donors (Lipinski definition) is 0. The fourth-order valence-electron chi connectivity index (χ4n) is 2.74. The van der Waals surface area contributed by atoms with Crippen molar-refractivity contribution in [2.45, 2.75) is 52.9 Å². The van der Waals surface area contributed by atoms with Crippen LogP contribution in [0.25, 0.3) is 0 Å². The summed E-state index contributed by atoms with van der Waals surface area (Å²) >= 11 is 0. The Kier molecular flexibility index (Phi) is 7.52. The zero-order chi connectivity index (χ0) is 18.1. The number of carbonyl (C=O) groups excluding carboxylic acids is 1. The number of hydrogen-bond acceptors (Lipinski definition) is 3. The number of unbranched alkanes of at least 4 members (excludes halogenated alkanes) is 4. The lowest BCUT2D eigenvalue weighted by atomic mass is 10.1. The van der Waals surface area contributed by atoms with E-state index in [1.54, 1.807) is 12.1 Å². The molecule has 0 atom stereocenters. The number of esters is 1. The summed E-state index contributed by atoms with van der Waals surface area (Å²) in [5.41, 5.74) is 2.67. The van der Waals surface area contributed by atoms with Gasteiger partial charge in [-0.15, -0.1) is 0 Å². The summed E-state index contributed by atoms with van der Waals surface area (Å²) in [7, 11) is 0. The highest BCUT2D eigenvalue weighted by atomic mass is 16.5. The number of ether oxygens (including phenoxy) is 2. The van der Waals surface area contributed by atoms with Crippen LogP contribution in [0, 0.1) is 13.8 Å². The molecule has 2 rings (SSSR count). The van der Waals surface area contributed by atoms with Gasteiger partial charge in [0.05, 0.1) is 12.2 Å². The fraction of sp³-hybridized carbons (Fsp3) is 0.409. The van der Waals surface area contributed by atoms with Gasteiger partial charge in [-0.25, -0.2) is 4.79 Å². The summed E-state index contributed by atoms with van der Waals surface area (Å²) in [5, 5.41) is 0. The molecule has 25 heavy (non-hydrogen) atoms. The van der Waals surface area contributed by atoms with E-state index in [0.717, 1.165) is 29.9 Å². The van der Waals surface area contributed by atoms with E-state index < -0.39 is 0 Å². The molecule has 0 heterocycles. The van der Waals surface area contributed by atoms with Crippen LogP contribution in [0.4, 0.5) is 0 Å². The Morgan fingerprint density at radius 2 is 1.48 bits per heavy atom. The van der Waals surface area contributed by atoms with Crippen LogP contribution >= 0.6 is 0 Å². The quantitative estimate of drug-likeness (QED) is 0.325. The fourth-order valence-corrected chi connectivity index (χ4v) is 2.74. The first-order valence-corrected chi connectivity index (χ1v) is 9.12. The predicted octanol–water partition coefficient (Wildman–Crippen LogP) is 5.87. The van der Waals surface area contributed by atoms with Crippen molar-refractivity contribution in [1.82, 2.24) is 0 Å². The number of rotatable bonds is 9. The molecular formula is C22H28O3. The first-order valence-electron chi connectivity index (χ1n) is 9.12. The largest absolute Gasteiger partial charge is 0.494 e. The van der Waals surface area contributed by atoms with Crippen molar-refractivity contribution in [1.29, 1.82) is 0 Å². The molecule has 0 radical (unpaired) electrons. The molecule has 0 fully saturated rings. The number of benzene rings is 2. The Hall–Kier alpha value is -2.29. The van der Waals surface area contributed by atoms with Gasteiger partial charge in [-0.2, -0.15) is 0 Å². The van der Waals surface area contributed by atoms with Crippen LogP contribution in [0.1, 0.15) is 60.5 Å². The highest BCUT2D eigenvalue weighted by Gasteiger charge is 2.09. The van der Waals surface area contributed by atoms with Crippen LogP contribution in [-0.2, 0) is 0 Å². The second kappa shape index (κ2) is 9.87. The summed E-state index contributed by atoms with van der Waals surface area (Å²) < 4.78 is 11.2. The normalized spacial score (nSPS) is 10.5. The third kappa shape index (κ3) is 6.61. The van der Waals surface area contributed by atoms with Gasteiger partial charge in [-0.05, 0) is 67.8 Å². The van der Waals surface area contributed by atoms with Crippen LogP contribution in [0.2, 0.25) is 0 Å². The van der Waals surface area contributed by atoms with E-state index in [9.17, 15) is 4.79 Å². The summed E-state index contributed by atoms with van der Waals surface area (Å²) in [6.07, 6.45) is 6.07. The van der Waals surface area contributed by atoms with E-state index in [1.165, 1.54) is 25.7 Å². The molecule has 0 bridgehead atoms. The minimum absolute atomic E-state index is 0.351. The second-order valence-corrected chi connectivity index (χ2v) is 6.50. The second-order valence-electron chi connectivity index (χ2n) is 6.50. The van der Waals surface area contributed by atoms with Crippen molar-refractivity contribution in [2.75, 3.05) is 6.61 Å². The van der Waals surface area contributed by atoms with E-state index in [0.29, 0.717) is 11.3 Å². The average molecular weight is 340 g/mol. The Bertz CT molecular complexity index is 654. The van der Waals surface area contributed by atoms with Gasteiger partial charge in [-0.3, -0.25) is 0 Å². The van der Waals surface area contributed by atoms with E-state index in [-0.39, 0.29) is 5.97 Å². The minimum atomic E-state index is -0.351. The number of carbonyl (C=O) groups is 1. The highest BCUT2D eigenvalue weighted by molar-refractivity contribution is 5.91. The molecular weight excluding hydrogens is 312 g/mol. The molecule has 0 amide bonds. The molecule has 0 aliphatic carbocycles. The Morgan fingerprint density at radius 1 is 0.840 bits per heavy atom. The molecule has 0 saturated carbocycles. The predicted molar refractivity (Wildman–Crippen MR) is 102 cm³/mol. The van der Waals surface area contributed by atoms with E-state index >= 15 is 0 Å². The zero-order valence-corrected chi connectivity index (χ0v) is 15.5. The van der Waals surface area contributed by atoms with Crippen molar-refractivity contribution in [3.63, 3.8) is 0 Å². The first kappa shape index (κ1) is 19.0. The maximum absolute atomic E-state index is 12.2. The smallest absolute Gasteiger partial charge is 0.343 e. The van der Waals surface area contributed by atoms with Gasteiger partial charge in [-0.1, -0.05) is 38.7 Å². The van der Waals surface area contributed by atoms with Crippen LogP contribution in [0.15, 0.2) is 42.5 Å². The van der Waals surface area contributed by atoms with Crippen LogP contribution in [0.3, 0.4) is 0 Å². The van der Waals surface area contributed by atoms with Gasteiger partial charge in [0.25, 0.3) is 0 Å². The minimum Gasteiger partial charge on any atom is -0.494 e. The third-order valence-electron chi connectivity index (χ3n) is 4.01. The standard InChI is InChI=1S/C22H28O3/c1-4-5-6-7-8-13-24-20-11-9-19(10-12-20)22(23)25-21-15-17(2)14-18(3)16-21/h9-12,14-16H,4-8,13H2,1-3H3. The topological polar surface area (TPSA) is 35.5 Å². The maximum atomic E-state index is 12.2. The Morgan fingerprint density at radius 3 is 2.12 bits per heavy atom. The van der Waals surface area contributed by atoms with Crippen LogP contribution in [-0.4, -0.2) is 12.6 Å². The molecule has 0 N–H and O–H groups in total. The van der Waals surface area contributed by atoms with Crippen LogP contribution in [0.5, 0.6) is 11.5 Å². The third-order valence-corrected chi connectivity index (χ3v) is 4.01. The van der Waals surface area contributed by atoms with Gasteiger partial charge in [0.15, 0.2) is 0 Å². The van der Waals surface area contributed by atoms with Gasteiger partial charge in [0.2, 0.25) is 0 Å². The summed E-state index contributed by atoms with van der Waals surface area (Å²) in [6.45, 7) is 6.90. The van der Waals surface area contributed by atoms with E-state index in [2.05, 4.69) is 6.92 Å². The van der Waals surface area contributed by atoms with Crippen LogP contribution < -0.4 is 9.47 Å². The lowest BCUT2D eigenvalue weighted by Crippen LogP contribution is -2.08. The molecule has 0 aliphatic rings. The van der Waals surface area contributed by atoms with Gasteiger partial charge < -0.3 is 9.47 Å². The molecule has 2 aromatic carbocycles. The highest BCUT2D eigenvalue weighted by Crippen LogP contribution is 2.19. The lowest BCUT2D eigenvalue weighted by molar-refractivity contribution is 0.0734. The monoisotopic (exact) mass is 340 g/mol. The van der Waals surface area contributed by atoms with Crippen molar-refractivity contribution < 1.29 is 14.3 Å². The average Bonchev–Trinajstić information content (AvgIpc) is 2.57. The Balaban J connectivity index is 1.83. The molecule has 3 heteroatoms. The van der Waals surface area contributed by atoms with E-state index in [4.69, 9.17) is 9.47 Å². The van der Waals surface area contributed by atoms with Gasteiger partial charge >= 0.3 is 5.97 Å². The Labute approximate surface area is 151 Å². The van der Waals surface area contributed by atoms with Crippen molar-refractivity contribution in [3.8, 4) is 11.5 Å². The molecule has 134 valence electrons. The molecule has 0 spiro atoms. The van der Waals surface area contributed by atoms with Gasteiger partial charge in [0.1, 0.15) is 11.5 Å². The summed E-state index contributed by atoms with van der Waals surface area (Å²) in [4.78, 5) is 12.2. The molecule has 0 unspecified atom stereocenters. The van der Waals surface area contributed by atoms with Gasteiger partial charge in [0, 0.05) is 0 Å². The molecule has 3 nitrogen and oxygen atoms in total. The molecule has 0 saturated heterocycles. The van der Waals surface area contributed by atoms with Crippen molar-refractivity contribution in [3.05, 3.63) is 59.2 Å². The van der Waals surface area contributed by atoms with Crippen molar-refractivity contribution >= 4 is 5.97 Å². The molecule has 0 aromatic heterocycles. The van der Waals surface area contributed by atoms with E-state index in [1.807, 2.05) is 44.2 Å². The van der Waals surface area contributed by atoms with Crippen molar-refractivity contribution in [2.24, 2.45) is 0 Å². The first-order chi connectivity index (χ1) is 12.1. The number of aryl methyl sites for hydroxylation is 2. The molecule has 0 aliphatic heterocycles. The summed E-state index contributed by atoms with van der Waals surface area (Å²) in [5.74, 6) is 1.02. The SMILES string of the molecule is CCCCCCCOc1ccc(C(=O)Oc2cc(C)cc(C)c2)cc1. The zero-order valence-electron chi connectivity index (χ0n) is 15.5. The lowest BCUT2D eigenvalue weighted by Gasteiger charge is -2.08. The maximum Gasteiger partial charge on any atom is 0.343 e. The summed E-state index contributed by atoms with van der Waals surface area (Å²) in [6, 6.07) is 12.9. The molecule has 2 aromatic rings.